The van der Waals surface area contributed by atoms with E-state index in [0.717, 1.165) is 28.1 Å². The first-order chi connectivity index (χ1) is 17.5. The molecule has 9 nitrogen and oxygen atoms in total. The van der Waals surface area contributed by atoms with Crippen LogP contribution in [0.1, 0.15) is 21.6 Å². The molecule has 0 saturated carbocycles. The SMILES string of the molecule is COc1cccc(C(=O)N2CCN(Cc3cnc[nH]3)c3ccc(-c4ccccc4)cc3C2)c1[N+](=O)[O-].Cl.Cl. The average molecular weight is 556 g/mol. The number of aromatic amines is 1. The Morgan fingerprint density at radius 2 is 1.84 bits per heavy atom. The molecule has 3 aromatic carbocycles. The fourth-order valence-electron chi connectivity index (χ4n) is 4.61. The number of nitrogens with zero attached hydrogens (tertiary/aromatic N) is 4. The van der Waals surface area contributed by atoms with Gasteiger partial charge in [0.15, 0.2) is 5.75 Å². The summed E-state index contributed by atoms with van der Waals surface area (Å²) in [6.45, 7) is 1.87. The standard InChI is InChI=1S/C27H25N5O4.2ClH/c1-36-25-9-5-8-23(26(25)32(34)35)27(33)31-13-12-30(17-22-15-28-18-29-22)24-11-10-20(14-21(24)16-31)19-6-3-2-4-7-19;;/h2-11,14-15,18H,12-13,16-17H2,1H3,(H,28,29);2*1H. The molecule has 0 bridgehead atoms. The fourth-order valence-corrected chi connectivity index (χ4v) is 4.61. The Bertz CT molecular complexity index is 1400. The van der Waals surface area contributed by atoms with Gasteiger partial charge >= 0.3 is 5.69 Å². The van der Waals surface area contributed by atoms with Gasteiger partial charge in [0.1, 0.15) is 5.56 Å². The quantitative estimate of drug-likeness (QED) is 0.249. The summed E-state index contributed by atoms with van der Waals surface area (Å²) in [5.41, 5.74) is 4.75. The molecule has 1 aliphatic rings. The Kier molecular flexibility index (Phi) is 9.33. The molecule has 38 heavy (non-hydrogen) atoms. The minimum absolute atomic E-state index is 0. The summed E-state index contributed by atoms with van der Waals surface area (Å²) in [7, 11) is 1.36. The normalized spacial score (nSPS) is 12.4. The van der Waals surface area contributed by atoms with Gasteiger partial charge in [0.2, 0.25) is 0 Å². The van der Waals surface area contributed by atoms with Gasteiger partial charge in [-0.05, 0) is 41.0 Å². The van der Waals surface area contributed by atoms with Crippen molar-refractivity contribution in [2.75, 3.05) is 25.1 Å². The largest absolute Gasteiger partial charge is 0.490 e. The molecule has 0 spiro atoms. The maximum atomic E-state index is 13.7. The number of amides is 1. The first-order valence-corrected chi connectivity index (χ1v) is 11.6. The number of nitro groups is 1. The number of carbonyl (C=O) groups is 1. The summed E-state index contributed by atoms with van der Waals surface area (Å²) in [5, 5.41) is 11.8. The third kappa shape index (κ3) is 5.74. The van der Waals surface area contributed by atoms with E-state index < -0.39 is 10.8 Å². The van der Waals surface area contributed by atoms with E-state index in [0.29, 0.717) is 26.2 Å². The highest BCUT2D eigenvalue weighted by Gasteiger charge is 2.31. The van der Waals surface area contributed by atoms with E-state index in [1.807, 2.05) is 30.3 Å². The van der Waals surface area contributed by atoms with Gasteiger partial charge in [-0.2, -0.15) is 0 Å². The number of anilines is 1. The van der Waals surface area contributed by atoms with Crippen molar-refractivity contribution in [3.05, 3.63) is 106 Å². The molecule has 0 aliphatic carbocycles. The topological polar surface area (TPSA) is 105 Å². The van der Waals surface area contributed by atoms with Gasteiger partial charge < -0.3 is 19.5 Å². The number of hydrogen-bond acceptors (Lipinski definition) is 6. The minimum atomic E-state index is -0.560. The van der Waals surface area contributed by atoms with Gasteiger partial charge in [0, 0.05) is 31.5 Å². The minimum Gasteiger partial charge on any atom is -0.490 e. The van der Waals surface area contributed by atoms with E-state index in [1.54, 1.807) is 23.5 Å². The van der Waals surface area contributed by atoms with Gasteiger partial charge in [-0.1, -0.05) is 42.5 Å². The van der Waals surface area contributed by atoms with E-state index in [4.69, 9.17) is 4.74 Å². The fraction of sp³-hybridized carbons (Fsp3) is 0.185. The number of aromatic nitrogens is 2. The molecule has 0 fully saturated rings. The smallest absolute Gasteiger partial charge is 0.323 e. The number of ether oxygens (including phenoxy) is 1. The highest BCUT2D eigenvalue weighted by atomic mass is 35.5. The molecule has 198 valence electrons. The summed E-state index contributed by atoms with van der Waals surface area (Å²) in [6.07, 6.45) is 3.43. The van der Waals surface area contributed by atoms with E-state index in [-0.39, 0.29) is 41.8 Å². The molecular weight excluding hydrogens is 529 g/mol. The second kappa shape index (κ2) is 12.4. The van der Waals surface area contributed by atoms with E-state index in [2.05, 4.69) is 33.1 Å². The molecule has 4 aromatic rings. The Labute approximate surface area is 232 Å². The molecule has 2 heterocycles. The van der Waals surface area contributed by atoms with E-state index in [1.165, 1.54) is 19.2 Å². The van der Waals surface area contributed by atoms with Crippen LogP contribution in [0.4, 0.5) is 11.4 Å². The van der Waals surface area contributed by atoms with Crippen molar-refractivity contribution in [2.24, 2.45) is 0 Å². The van der Waals surface area contributed by atoms with Crippen LogP contribution < -0.4 is 9.64 Å². The number of hydrogen-bond donors (Lipinski definition) is 1. The third-order valence-electron chi connectivity index (χ3n) is 6.36. The lowest BCUT2D eigenvalue weighted by Gasteiger charge is -2.24. The molecule has 1 aliphatic heterocycles. The number of nitrogens with one attached hydrogen (secondary N) is 1. The average Bonchev–Trinajstić information content (AvgIpc) is 3.36. The lowest BCUT2D eigenvalue weighted by molar-refractivity contribution is -0.386. The van der Waals surface area contributed by atoms with Crippen LogP contribution >= 0.6 is 24.8 Å². The molecule has 0 radical (unpaired) electrons. The summed E-state index contributed by atoms with van der Waals surface area (Å²) in [4.78, 5) is 36.1. The van der Waals surface area contributed by atoms with Crippen LogP contribution in [0.15, 0.2) is 79.3 Å². The summed E-state index contributed by atoms with van der Waals surface area (Å²) in [6, 6.07) is 20.9. The molecule has 5 rings (SSSR count). The van der Waals surface area contributed by atoms with Crippen molar-refractivity contribution >= 4 is 42.1 Å². The Morgan fingerprint density at radius 3 is 2.53 bits per heavy atom. The zero-order chi connectivity index (χ0) is 25.1. The van der Waals surface area contributed by atoms with Gasteiger partial charge in [0.05, 0.1) is 30.6 Å². The predicted molar refractivity (Wildman–Crippen MR) is 150 cm³/mol. The number of carbonyl (C=O) groups excluding carboxylic acids is 1. The number of H-pyrrole nitrogens is 1. The number of fused-ring (bicyclic) bond motifs is 1. The van der Waals surface area contributed by atoms with Crippen LogP contribution in [0.25, 0.3) is 11.1 Å². The maximum Gasteiger partial charge on any atom is 0.323 e. The molecule has 1 aromatic heterocycles. The number of methoxy groups -OCH3 is 1. The van der Waals surface area contributed by atoms with Crippen LogP contribution in [-0.4, -0.2) is 45.9 Å². The second-order valence-corrected chi connectivity index (χ2v) is 8.55. The summed E-state index contributed by atoms with van der Waals surface area (Å²) >= 11 is 0. The van der Waals surface area contributed by atoms with Crippen LogP contribution in [0.3, 0.4) is 0 Å². The Hall–Kier alpha value is -4.08. The van der Waals surface area contributed by atoms with Crippen molar-refractivity contribution in [3.8, 4) is 16.9 Å². The van der Waals surface area contributed by atoms with Crippen molar-refractivity contribution in [3.63, 3.8) is 0 Å². The lowest BCUT2D eigenvalue weighted by atomic mass is 10.0. The van der Waals surface area contributed by atoms with Crippen molar-refractivity contribution in [2.45, 2.75) is 13.1 Å². The first-order valence-electron chi connectivity index (χ1n) is 11.6. The Morgan fingerprint density at radius 1 is 1.05 bits per heavy atom. The molecule has 0 unspecified atom stereocenters. The second-order valence-electron chi connectivity index (χ2n) is 8.55. The summed E-state index contributed by atoms with van der Waals surface area (Å²) in [5.74, 6) is -0.339. The van der Waals surface area contributed by atoms with Crippen molar-refractivity contribution in [1.82, 2.24) is 14.9 Å². The van der Waals surface area contributed by atoms with Crippen molar-refractivity contribution in [1.29, 1.82) is 0 Å². The Balaban J connectivity index is 0.00000200. The van der Waals surface area contributed by atoms with E-state index in [9.17, 15) is 14.9 Å². The van der Waals surface area contributed by atoms with Gasteiger partial charge in [-0.3, -0.25) is 14.9 Å². The zero-order valence-corrected chi connectivity index (χ0v) is 22.2. The third-order valence-corrected chi connectivity index (χ3v) is 6.36. The maximum absolute atomic E-state index is 13.7. The molecule has 0 atom stereocenters. The van der Waals surface area contributed by atoms with Crippen LogP contribution in [0.5, 0.6) is 5.75 Å². The molecular formula is C27H27Cl2N5O4. The van der Waals surface area contributed by atoms with Gasteiger partial charge in [-0.25, -0.2) is 4.98 Å². The number of benzene rings is 3. The number of rotatable bonds is 6. The molecule has 11 heteroatoms. The highest BCUT2D eigenvalue weighted by molar-refractivity contribution is 5.99. The van der Waals surface area contributed by atoms with Crippen LogP contribution in [0.2, 0.25) is 0 Å². The molecule has 0 saturated heterocycles. The number of imidazole rings is 1. The zero-order valence-electron chi connectivity index (χ0n) is 20.6. The lowest BCUT2D eigenvalue weighted by Crippen LogP contribution is -2.35. The highest BCUT2D eigenvalue weighted by Crippen LogP contribution is 2.34. The van der Waals surface area contributed by atoms with Crippen LogP contribution in [-0.2, 0) is 13.1 Å². The van der Waals surface area contributed by atoms with E-state index >= 15 is 0 Å². The van der Waals surface area contributed by atoms with Crippen molar-refractivity contribution < 1.29 is 14.5 Å². The molecule has 1 N–H and O–H groups in total. The van der Waals surface area contributed by atoms with Gasteiger partial charge in [-0.15, -0.1) is 24.8 Å². The predicted octanol–water partition coefficient (Wildman–Crippen LogP) is 5.50. The number of para-hydroxylation sites is 1. The monoisotopic (exact) mass is 555 g/mol. The number of halogens is 2. The van der Waals surface area contributed by atoms with Crippen LogP contribution in [0, 0.1) is 10.1 Å². The van der Waals surface area contributed by atoms with Gasteiger partial charge in [0.25, 0.3) is 5.91 Å². The summed E-state index contributed by atoms with van der Waals surface area (Å²) < 4.78 is 5.18. The first kappa shape index (κ1) is 28.5. The molecule has 1 amide bonds. The number of nitro benzene ring substituents is 1.